The van der Waals surface area contributed by atoms with Crippen LogP contribution >= 0.6 is 0 Å². The summed E-state index contributed by atoms with van der Waals surface area (Å²) in [7, 11) is 2.20. The average molecular weight is 277 g/mol. The molecule has 0 amide bonds. The molecule has 0 aromatic heterocycles. The second-order valence-corrected chi connectivity index (χ2v) is 6.21. The molecular formula is C16H27N3O. The summed E-state index contributed by atoms with van der Waals surface area (Å²) in [6.07, 6.45) is 0. The van der Waals surface area contributed by atoms with Gasteiger partial charge >= 0.3 is 0 Å². The van der Waals surface area contributed by atoms with Crippen LogP contribution < -0.4 is 10.5 Å². The van der Waals surface area contributed by atoms with E-state index in [0.717, 1.165) is 44.1 Å². The smallest absolute Gasteiger partial charge is 0.119 e. The van der Waals surface area contributed by atoms with Gasteiger partial charge in [-0.25, -0.2) is 0 Å². The van der Waals surface area contributed by atoms with Crippen molar-refractivity contribution >= 4 is 0 Å². The van der Waals surface area contributed by atoms with Crippen molar-refractivity contribution in [2.24, 2.45) is 5.73 Å². The zero-order valence-electron chi connectivity index (χ0n) is 12.9. The van der Waals surface area contributed by atoms with Crippen LogP contribution in [-0.4, -0.2) is 55.2 Å². The Hall–Kier alpha value is -1.10. The van der Waals surface area contributed by atoms with Gasteiger partial charge in [0.2, 0.25) is 0 Å². The zero-order chi connectivity index (χ0) is 14.6. The maximum Gasteiger partial charge on any atom is 0.119 e. The first-order chi connectivity index (χ1) is 9.51. The molecule has 0 bridgehead atoms. The molecule has 1 aliphatic rings. The second kappa shape index (κ2) is 6.57. The third-order valence-electron chi connectivity index (χ3n) is 4.21. The Balaban J connectivity index is 1.78. The minimum absolute atomic E-state index is 0.248. The van der Waals surface area contributed by atoms with Crippen molar-refractivity contribution in [2.75, 3.05) is 39.8 Å². The molecule has 4 heteroatoms. The van der Waals surface area contributed by atoms with Crippen molar-refractivity contribution in [3.63, 3.8) is 0 Å². The molecule has 0 aliphatic carbocycles. The van der Waals surface area contributed by atoms with E-state index in [9.17, 15) is 0 Å². The molecule has 4 nitrogen and oxygen atoms in total. The van der Waals surface area contributed by atoms with Crippen LogP contribution in [0.25, 0.3) is 0 Å². The van der Waals surface area contributed by atoms with Crippen LogP contribution in [0.15, 0.2) is 24.3 Å². The van der Waals surface area contributed by atoms with Crippen molar-refractivity contribution in [2.45, 2.75) is 25.9 Å². The number of nitrogens with zero attached hydrogens (tertiary/aromatic N) is 2. The summed E-state index contributed by atoms with van der Waals surface area (Å²) >= 11 is 0. The average Bonchev–Trinajstić information content (AvgIpc) is 2.43. The van der Waals surface area contributed by atoms with Gasteiger partial charge in [0.1, 0.15) is 12.4 Å². The van der Waals surface area contributed by atoms with Crippen molar-refractivity contribution in [1.29, 1.82) is 0 Å². The van der Waals surface area contributed by atoms with E-state index in [1.807, 2.05) is 24.3 Å². The van der Waals surface area contributed by atoms with E-state index in [0.29, 0.717) is 6.54 Å². The molecule has 1 aliphatic heterocycles. The Morgan fingerprint density at radius 3 is 2.80 bits per heavy atom. The van der Waals surface area contributed by atoms with Gasteiger partial charge in [0, 0.05) is 38.3 Å². The maximum atomic E-state index is 5.84. The molecule has 0 radical (unpaired) electrons. The maximum absolute atomic E-state index is 5.84. The van der Waals surface area contributed by atoms with Gasteiger partial charge in [-0.05, 0) is 38.6 Å². The zero-order valence-corrected chi connectivity index (χ0v) is 12.9. The Morgan fingerprint density at radius 2 is 2.10 bits per heavy atom. The highest BCUT2D eigenvalue weighted by atomic mass is 16.5. The van der Waals surface area contributed by atoms with Crippen molar-refractivity contribution < 1.29 is 4.74 Å². The third-order valence-corrected chi connectivity index (χ3v) is 4.21. The SMILES string of the molecule is CN1CCN(CCOc2cccc(CN)c2)CC1(C)C. The lowest BCUT2D eigenvalue weighted by molar-refractivity contribution is 0.0338. The van der Waals surface area contributed by atoms with Gasteiger partial charge < -0.3 is 10.5 Å². The number of hydrogen-bond donors (Lipinski definition) is 1. The predicted molar refractivity (Wildman–Crippen MR) is 83.0 cm³/mol. The Bertz CT molecular complexity index is 433. The molecule has 0 spiro atoms. The molecule has 1 heterocycles. The monoisotopic (exact) mass is 277 g/mol. The summed E-state index contributed by atoms with van der Waals surface area (Å²) < 4.78 is 5.84. The third kappa shape index (κ3) is 3.95. The molecule has 1 aromatic carbocycles. The highest BCUT2D eigenvalue weighted by molar-refractivity contribution is 5.28. The Kier molecular flexibility index (Phi) is 5.02. The lowest BCUT2D eigenvalue weighted by atomic mass is 10.00. The molecule has 1 saturated heterocycles. The fraction of sp³-hybridized carbons (Fsp3) is 0.625. The van der Waals surface area contributed by atoms with Crippen LogP contribution in [0.4, 0.5) is 0 Å². The van der Waals surface area contributed by atoms with Crippen LogP contribution in [0.1, 0.15) is 19.4 Å². The molecule has 1 aromatic rings. The first-order valence-corrected chi connectivity index (χ1v) is 7.37. The van der Waals surface area contributed by atoms with E-state index >= 15 is 0 Å². The lowest BCUT2D eigenvalue weighted by Gasteiger charge is -2.45. The summed E-state index contributed by atoms with van der Waals surface area (Å²) in [6.45, 7) is 10.2. The molecule has 20 heavy (non-hydrogen) atoms. The molecule has 112 valence electrons. The number of piperazine rings is 1. The minimum atomic E-state index is 0.248. The van der Waals surface area contributed by atoms with Crippen LogP contribution in [0.5, 0.6) is 5.75 Å². The number of benzene rings is 1. The second-order valence-electron chi connectivity index (χ2n) is 6.21. The Labute approximate surface area is 122 Å². The highest BCUT2D eigenvalue weighted by Gasteiger charge is 2.30. The predicted octanol–water partition coefficient (Wildman–Crippen LogP) is 1.55. The number of likely N-dealkylation sites (N-methyl/N-ethyl adjacent to an activating group) is 1. The van der Waals surface area contributed by atoms with E-state index in [-0.39, 0.29) is 5.54 Å². The minimum Gasteiger partial charge on any atom is -0.492 e. The van der Waals surface area contributed by atoms with Gasteiger partial charge in [-0.15, -0.1) is 0 Å². The van der Waals surface area contributed by atoms with E-state index in [1.54, 1.807) is 0 Å². The lowest BCUT2D eigenvalue weighted by Crippen LogP contribution is -2.58. The van der Waals surface area contributed by atoms with E-state index in [1.165, 1.54) is 0 Å². The van der Waals surface area contributed by atoms with Crippen LogP contribution in [0.2, 0.25) is 0 Å². The largest absolute Gasteiger partial charge is 0.492 e. The van der Waals surface area contributed by atoms with Gasteiger partial charge in [-0.2, -0.15) is 0 Å². The molecule has 0 atom stereocenters. The van der Waals surface area contributed by atoms with E-state index in [2.05, 4.69) is 30.7 Å². The molecule has 1 fully saturated rings. The van der Waals surface area contributed by atoms with E-state index < -0.39 is 0 Å². The van der Waals surface area contributed by atoms with Crippen molar-refractivity contribution in [3.8, 4) is 5.75 Å². The van der Waals surface area contributed by atoms with Crippen molar-refractivity contribution in [1.82, 2.24) is 9.80 Å². The number of ether oxygens (including phenoxy) is 1. The summed E-state index contributed by atoms with van der Waals surface area (Å²) in [5, 5.41) is 0. The summed E-state index contributed by atoms with van der Waals surface area (Å²) in [6, 6.07) is 8.04. The standard InChI is InChI=1S/C16H27N3O/c1-16(2)13-19(8-7-18(16)3)9-10-20-15-6-4-5-14(11-15)12-17/h4-6,11H,7-10,12-13,17H2,1-3H3. The molecule has 2 rings (SSSR count). The van der Waals surface area contributed by atoms with Crippen LogP contribution in [-0.2, 0) is 6.54 Å². The highest BCUT2D eigenvalue weighted by Crippen LogP contribution is 2.18. The summed E-state index contributed by atoms with van der Waals surface area (Å²) in [5.41, 5.74) is 7.00. The Morgan fingerprint density at radius 1 is 1.30 bits per heavy atom. The van der Waals surface area contributed by atoms with E-state index in [4.69, 9.17) is 10.5 Å². The number of nitrogens with two attached hydrogens (primary N) is 1. The number of hydrogen-bond acceptors (Lipinski definition) is 4. The molecular weight excluding hydrogens is 250 g/mol. The molecule has 2 N–H and O–H groups in total. The fourth-order valence-corrected chi connectivity index (χ4v) is 2.59. The van der Waals surface area contributed by atoms with Crippen LogP contribution in [0, 0.1) is 0 Å². The van der Waals surface area contributed by atoms with Gasteiger partial charge in [0.15, 0.2) is 0 Å². The van der Waals surface area contributed by atoms with Crippen molar-refractivity contribution in [3.05, 3.63) is 29.8 Å². The topological polar surface area (TPSA) is 41.7 Å². The molecule has 0 saturated carbocycles. The van der Waals surface area contributed by atoms with Gasteiger partial charge in [0.05, 0.1) is 0 Å². The fourth-order valence-electron chi connectivity index (χ4n) is 2.59. The molecule has 0 unspecified atom stereocenters. The first-order valence-electron chi connectivity index (χ1n) is 7.37. The normalized spacial score (nSPS) is 20.0. The summed E-state index contributed by atoms with van der Waals surface area (Å²) in [5.74, 6) is 0.918. The van der Waals surface area contributed by atoms with Gasteiger partial charge in [-0.1, -0.05) is 12.1 Å². The van der Waals surface area contributed by atoms with Gasteiger partial charge in [0.25, 0.3) is 0 Å². The van der Waals surface area contributed by atoms with Gasteiger partial charge in [-0.3, -0.25) is 9.80 Å². The quantitative estimate of drug-likeness (QED) is 0.886. The van der Waals surface area contributed by atoms with Crippen LogP contribution in [0.3, 0.4) is 0 Å². The summed E-state index contributed by atoms with van der Waals surface area (Å²) in [4.78, 5) is 4.90. The number of rotatable bonds is 5. The first kappa shape index (κ1) is 15.3.